The molecule has 2 heterocycles. The number of aryl methyl sites for hydroxylation is 2. The first-order valence-electron chi connectivity index (χ1n) is 10.4. The summed E-state index contributed by atoms with van der Waals surface area (Å²) in [5, 5.41) is 0. The fourth-order valence-electron chi connectivity index (χ4n) is 3.96. The van der Waals surface area contributed by atoms with E-state index in [0.717, 1.165) is 23.1 Å². The van der Waals surface area contributed by atoms with Crippen molar-refractivity contribution in [3.05, 3.63) is 77.1 Å². The van der Waals surface area contributed by atoms with E-state index in [-0.39, 0.29) is 10.8 Å². The van der Waals surface area contributed by atoms with Gasteiger partial charge in [-0.25, -0.2) is 8.42 Å². The smallest absolute Gasteiger partial charge is 0.261 e. The first-order chi connectivity index (χ1) is 15.3. The van der Waals surface area contributed by atoms with Gasteiger partial charge >= 0.3 is 0 Å². The van der Waals surface area contributed by atoms with E-state index in [0.29, 0.717) is 35.8 Å². The molecule has 0 radical (unpaired) electrons. The Balaban J connectivity index is 1.62. The molecule has 0 unspecified atom stereocenters. The summed E-state index contributed by atoms with van der Waals surface area (Å²) >= 11 is 0. The van der Waals surface area contributed by atoms with Crippen molar-refractivity contribution >= 4 is 27.3 Å². The second-order valence-electron chi connectivity index (χ2n) is 7.71. The van der Waals surface area contributed by atoms with Gasteiger partial charge in [0.25, 0.3) is 15.9 Å². The summed E-state index contributed by atoms with van der Waals surface area (Å²) in [5.41, 5.74) is 4.18. The van der Waals surface area contributed by atoms with Crippen LogP contribution in [-0.2, 0) is 16.4 Å². The molecule has 32 heavy (non-hydrogen) atoms. The third kappa shape index (κ3) is 4.18. The molecule has 1 amide bonds. The van der Waals surface area contributed by atoms with E-state index in [1.54, 1.807) is 53.7 Å². The normalized spacial score (nSPS) is 13.0. The minimum absolute atomic E-state index is 0.135. The number of pyridine rings is 1. The standard InChI is InChI=1S/C24H25N3O4S/c1-4-31-23-16(2)13-21(14-17(23)3)32(29,30)26-20-6-5-18-9-12-27(22(18)15-20)24(28)19-7-10-25-11-8-19/h5-8,10-11,13-15,26H,4,9,12H2,1-3H3. The molecule has 8 heteroatoms. The Bertz CT molecular complexity index is 1250. The monoisotopic (exact) mass is 451 g/mol. The van der Waals surface area contributed by atoms with E-state index in [2.05, 4.69) is 9.71 Å². The summed E-state index contributed by atoms with van der Waals surface area (Å²) in [4.78, 5) is 18.7. The minimum atomic E-state index is -3.81. The number of carbonyl (C=O) groups is 1. The van der Waals surface area contributed by atoms with Crippen LogP contribution >= 0.6 is 0 Å². The Labute approximate surface area is 188 Å². The van der Waals surface area contributed by atoms with Crippen LogP contribution in [0.1, 0.15) is 34.0 Å². The van der Waals surface area contributed by atoms with Gasteiger partial charge in [-0.1, -0.05) is 6.07 Å². The molecule has 1 aliphatic rings. The Morgan fingerprint density at radius 3 is 2.44 bits per heavy atom. The average molecular weight is 452 g/mol. The minimum Gasteiger partial charge on any atom is -0.493 e. The number of rotatable bonds is 6. The van der Waals surface area contributed by atoms with Crippen LogP contribution in [0.4, 0.5) is 11.4 Å². The first kappa shape index (κ1) is 21.8. The zero-order valence-electron chi connectivity index (χ0n) is 18.3. The van der Waals surface area contributed by atoms with Crippen molar-refractivity contribution in [1.29, 1.82) is 0 Å². The molecule has 4 rings (SSSR count). The number of hydrogen-bond acceptors (Lipinski definition) is 5. The van der Waals surface area contributed by atoms with Crippen LogP contribution in [-0.4, -0.2) is 32.5 Å². The second kappa shape index (κ2) is 8.63. The summed E-state index contributed by atoms with van der Waals surface area (Å²) in [6.45, 7) is 6.60. The molecular weight excluding hydrogens is 426 g/mol. The summed E-state index contributed by atoms with van der Waals surface area (Å²) in [6, 6.07) is 11.9. The molecule has 1 aliphatic heterocycles. The maximum atomic E-state index is 13.1. The lowest BCUT2D eigenvalue weighted by Crippen LogP contribution is -2.28. The highest BCUT2D eigenvalue weighted by atomic mass is 32.2. The molecule has 0 saturated heterocycles. The van der Waals surface area contributed by atoms with Gasteiger partial charge in [-0.05, 0) is 80.3 Å². The number of fused-ring (bicyclic) bond motifs is 1. The third-order valence-electron chi connectivity index (χ3n) is 5.44. The summed E-state index contributed by atoms with van der Waals surface area (Å²) in [7, 11) is -3.81. The van der Waals surface area contributed by atoms with Gasteiger partial charge in [-0.15, -0.1) is 0 Å². The molecule has 166 valence electrons. The molecule has 3 aromatic rings. The van der Waals surface area contributed by atoms with Crippen LogP contribution in [0.3, 0.4) is 0 Å². The van der Waals surface area contributed by atoms with E-state index in [9.17, 15) is 13.2 Å². The Morgan fingerprint density at radius 2 is 1.78 bits per heavy atom. The van der Waals surface area contributed by atoms with Crippen LogP contribution in [0.2, 0.25) is 0 Å². The molecule has 0 atom stereocenters. The molecule has 0 bridgehead atoms. The van der Waals surface area contributed by atoms with Crippen LogP contribution < -0.4 is 14.4 Å². The predicted molar refractivity (Wildman–Crippen MR) is 124 cm³/mol. The van der Waals surface area contributed by atoms with Gasteiger partial charge in [-0.3, -0.25) is 14.5 Å². The largest absolute Gasteiger partial charge is 0.493 e. The van der Waals surface area contributed by atoms with Crippen LogP contribution in [0.5, 0.6) is 5.75 Å². The molecule has 1 aromatic heterocycles. The Kier molecular flexibility index (Phi) is 5.88. The molecule has 0 fully saturated rings. The lowest BCUT2D eigenvalue weighted by atomic mass is 10.1. The van der Waals surface area contributed by atoms with E-state index in [1.165, 1.54) is 0 Å². The van der Waals surface area contributed by atoms with E-state index in [4.69, 9.17) is 4.74 Å². The van der Waals surface area contributed by atoms with Gasteiger partial charge < -0.3 is 9.64 Å². The number of aromatic nitrogens is 1. The number of carbonyl (C=O) groups excluding carboxylic acids is 1. The van der Waals surface area contributed by atoms with Crippen molar-refractivity contribution < 1.29 is 17.9 Å². The van der Waals surface area contributed by atoms with Gasteiger partial charge in [-0.2, -0.15) is 0 Å². The number of nitrogens with zero attached hydrogens (tertiary/aromatic N) is 2. The fraction of sp³-hybridized carbons (Fsp3) is 0.250. The number of amides is 1. The van der Waals surface area contributed by atoms with Crippen molar-refractivity contribution in [2.75, 3.05) is 22.8 Å². The van der Waals surface area contributed by atoms with Gasteiger partial charge in [0, 0.05) is 30.2 Å². The van der Waals surface area contributed by atoms with E-state index < -0.39 is 10.0 Å². The predicted octanol–water partition coefficient (Wildman–Crippen LogP) is 4.10. The zero-order chi connectivity index (χ0) is 22.9. The lowest BCUT2D eigenvalue weighted by molar-refractivity contribution is 0.0989. The van der Waals surface area contributed by atoms with Crippen molar-refractivity contribution in [3.63, 3.8) is 0 Å². The third-order valence-corrected chi connectivity index (χ3v) is 6.80. The van der Waals surface area contributed by atoms with Crippen molar-refractivity contribution in [2.45, 2.75) is 32.1 Å². The Morgan fingerprint density at radius 1 is 1.09 bits per heavy atom. The van der Waals surface area contributed by atoms with E-state index in [1.807, 2.05) is 26.8 Å². The SMILES string of the molecule is CCOc1c(C)cc(S(=O)(=O)Nc2ccc3c(c2)N(C(=O)c2ccncc2)CC3)cc1C. The average Bonchev–Trinajstić information content (AvgIpc) is 3.19. The molecule has 0 spiro atoms. The Hall–Kier alpha value is -3.39. The van der Waals surface area contributed by atoms with Crippen molar-refractivity contribution in [2.24, 2.45) is 0 Å². The molecule has 2 aromatic carbocycles. The van der Waals surface area contributed by atoms with Gasteiger partial charge in [0.2, 0.25) is 0 Å². The quantitative estimate of drug-likeness (QED) is 0.610. The number of nitrogens with one attached hydrogen (secondary N) is 1. The van der Waals surface area contributed by atoms with Gasteiger partial charge in [0.1, 0.15) is 5.75 Å². The maximum absolute atomic E-state index is 13.1. The van der Waals surface area contributed by atoms with E-state index >= 15 is 0 Å². The molecule has 0 saturated carbocycles. The second-order valence-corrected chi connectivity index (χ2v) is 9.39. The highest BCUT2D eigenvalue weighted by Gasteiger charge is 2.27. The molecule has 0 aliphatic carbocycles. The van der Waals surface area contributed by atoms with Gasteiger partial charge in [0.05, 0.1) is 17.2 Å². The van der Waals surface area contributed by atoms with Gasteiger partial charge in [0.15, 0.2) is 0 Å². The summed E-state index contributed by atoms with van der Waals surface area (Å²) < 4.78 is 34.4. The number of benzene rings is 2. The highest BCUT2D eigenvalue weighted by Crippen LogP contribution is 2.33. The van der Waals surface area contributed by atoms with Crippen LogP contribution in [0, 0.1) is 13.8 Å². The first-order valence-corrected chi connectivity index (χ1v) is 11.9. The number of ether oxygens (including phenoxy) is 1. The molecule has 7 nitrogen and oxygen atoms in total. The maximum Gasteiger partial charge on any atom is 0.261 e. The number of sulfonamides is 1. The number of hydrogen-bond donors (Lipinski definition) is 1. The summed E-state index contributed by atoms with van der Waals surface area (Å²) in [6.07, 6.45) is 3.88. The topological polar surface area (TPSA) is 88.6 Å². The fourth-order valence-corrected chi connectivity index (χ4v) is 5.17. The highest BCUT2D eigenvalue weighted by molar-refractivity contribution is 7.92. The summed E-state index contributed by atoms with van der Waals surface area (Å²) in [5.74, 6) is 0.568. The van der Waals surface area contributed by atoms with Crippen molar-refractivity contribution in [1.82, 2.24) is 4.98 Å². The van der Waals surface area contributed by atoms with Crippen molar-refractivity contribution in [3.8, 4) is 5.75 Å². The zero-order valence-corrected chi connectivity index (χ0v) is 19.1. The van der Waals surface area contributed by atoms with Crippen LogP contribution in [0.15, 0.2) is 59.8 Å². The molecule has 1 N–H and O–H groups in total. The molecular formula is C24H25N3O4S. The van der Waals surface area contributed by atoms with Crippen LogP contribution in [0.25, 0.3) is 0 Å². The lowest BCUT2D eigenvalue weighted by Gasteiger charge is -2.19. The number of anilines is 2.